The van der Waals surface area contributed by atoms with Crippen molar-refractivity contribution in [3.8, 4) is 0 Å². The van der Waals surface area contributed by atoms with Gasteiger partial charge in [-0.3, -0.25) is 4.90 Å². The molecule has 1 saturated carbocycles. The first-order valence-electron chi connectivity index (χ1n) is 5.67. The van der Waals surface area contributed by atoms with Crippen LogP contribution in [0, 0.1) is 0 Å². The van der Waals surface area contributed by atoms with Gasteiger partial charge in [0.1, 0.15) is 0 Å². The zero-order valence-corrected chi connectivity index (χ0v) is 8.26. The SMILES string of the molecule is CCC1CCCN1C1CCCC1. The number of rotatable bonds is 2. The van der Waals surface area contributed by atoms with E-state index in [2.05, 4.69) is 11.8 Å². The predicted octanol–water partition coefficient (Wildman–Crippen LogP) is 2.80. The van der Waals surface area contributed by atoms with Crippen molar-refractivity contribution in [2.45, 2.75) is 64.0 Å². The molecule has 0 spiro atoms. The third-order valence-electron chi connectivity index (χ3n) is 3.69. The van der Waals surface area contributed by atoms with Gasteiger partial charge in [0.15, 0.2) is 0 Å². The van der Waals surface area contributed by atoms with E-state index >= 15 is 0 Å². The average molecular weight is 167 g/mol. The van der Waals surface area contributed by atoms with Gasteiger partial charge in [0.2, 0.25) is 0 Å². The zero-order chi connectivity index (χ0) is 8.39. The van der Waals surface area contributed by atoms with E-state index < -0.39 is 0 Å². The molecule has 0 bridgehead atoms. The van der Waals surface area contributed by atoms with Gasteiger partial charge in [-0.1, -0.05) is 19.8 Å². The number of nitrogens with zero attached hydrogens (tertiary/aromatic N) is 1. The Bertz CT molecular complexity index is 138. The van der Waals surface area contributed by atoms with Gasteiger partial charge in [0.25, 0.3) is 0 Å². The van der Waals surface area contributed by atoms with Crippen molar-refractivity contribution in [3.63, 3.8) is 0 Å². The van der Waals surface area contributed by atoms with Crippen molar-refractivity contribution in [2.75, 3.05) is 6.54 Å². The Hall–Kier alpha value is -0.0400. The second kappa shape index (κ2) is 3.78. The van der Waals surface area contributed by atoms with Crippen LogP contribution in [0.4, 0.5) is 0 Å². The molecular formula is C11H21N. The lowest BCUT2D eigenvalue weighted by atomic mass is 10.1. The van der Waals surface area contributed by atoms with Crippen molar-refractivity contribution in [1.29, 1.82) is 0 Å². The smallest absolute Gasteiger partial charge is 0.00981 e. The Balaban J connectivity index is 1.92. The van der Waals surface area contributed by atoms with Crippen molar-refractivity contribution < 1.29 is 0 Å². The summed E-state index contributed by atoms with van der Waals surface area (Å²) in [6.45, 7) is 3.74. The van der Waals surface area contributed by atoms with Gasteiger partial charge in [-0.15, -0.1) is 0 Å². The van der Waals surface area contributed by atoms with Crippen LogP contribution in [-0.4, -0.2) is 23.5 Å². The maximum Gasteiger partial charge on any atom is 0.00981 e. The molecule has 1 unspecified atom stereocenters. The summed E-state index contributed by atoms with van der Waals surface area (Å²) in [6, 6.07) is 1.91. The molecule has 0 amide bonds. The van der Waals surface area contributed by atoms with Gasteiger partial charge >= 0.3 is 0 Å². The Kier molecular flexibility index (Phi) is 2.69. The van der Waals surface area contributed by atoms with E-state index in [1.54, 1.807) is 0 Å². The van der Waals surface area contributed by atoms with Crippen LogP contribution in [0.2, 0.25) is 0 Å². The Morgan fingerprint density at radius 2 is 1.83 bits per heavy atom. The summed E-state index contributed by atoms with van der Waals surface area (Å²) in [6.07, 6.45) is 10.2. The molecule has 1 nitrogen and oxygen atoms in total. The van der Waals surface area contributed by atoms with Crippen molar-refractivity contribution in [3.05, 3.63) is 0 Å². The molecular weight excluding hydrogens is 146 g/mol. The van der Waals surface area contributed by atoms with E-state index in [1.165, 1.54) is 51.5 Å². The van der Waals surface area contributed by atoms with Crippen LogP contribution in [0.15, 0.2) is 0 Å². The van der Waals surface area contributed by atoms with E-state index in [1.807, 2.05) is 0 Å². The fourth-order valence-electron chi connectivity index (χ4n) is 3.01. The topological polar surface area (TPSA) is 3.24 Å². The molecule has 1 atom stereocenters. The second-order valence-electron chi connectivity index (χ2n) is 4.38. The van der Waals surface area contributed by atoms with Gasteiger partial charge in [-0.2, -0.15) is 0 Å². The number of hydrogen-bond donors (Lipinski definition) is 0. The maximum atomic E-state index is 2.80. The van der Waals surface area contributed by atoms with E-state index in [0.717, 1.165) is 12.1 Å². The highest BCUT2D eigenvalue weighted by molar-refractivity contribution is 4.86. The normalized spacial score (nSPS) is 33.2. The van der Waals surface area contributed by atoms with Gasteiger partial charge < -0.3 is 0 Å². The maximum absolute atomic E-state index is 2.80. The molecule has 0 radical (unpaired) electrons. The van der Waals surface area contributed by atoms with Gasteiger partial charge in [0, 0.05) is 12.1 Å². The van der Waals surface area contributed by atoms with Crippen LogP contribution in [0.1, 0.15) is 51.9 Å². The molecule has 2 aliphatic rings. The Labute approximate surface area is 76.1 Å². The monoisotopic (exact) mass is 167 g/mol. The van der Waals surface area contributed by atoms with Crippen molar-refractivity contribution >= 4 is 0 Å². The molecule has 0 N–H and O–H groups in total. The second-order valence-corrected chi connectivity index (χ2v) is 4.38. The number of hydrogen-bond acceptors (Lipinski definition) is 1. The van der Waals surface area contributed by atoms with E-state index in [-0.39, 0.29) is 0 Å². The highest BCUT2D eigenvalue weighted by Crippen LogP contribution is 2.30. The Morgan fingerprint density at radius 1 is 1.08 bits per heavy atom. The molecule has 1 heterocycles. The molecule has 1 aliphatic carbocycles. The largest absolute Gasteiger partial charge is 0.297 e. The van der Waals surface area contributed by atoms with Crippen LogP contribution in [-0.2, 0) is 0 Å². The van der Waals surface area contributed by atoms with Crippen LogP contribution < -0.4 is 0 Å². The van der Waals surface area contributed by atoms with Crippen molar-refractivity contribution in [1.82, 2.24) is 4.90 Å². The molecule has 0 aromatic heterocycles. The molecule has 0 aromatic carbocycles. The van der Waals surface area contributed by atoms with Crippen LogP contribution in [0.5, 0.6) is 0 Å². The van der Waals surface area contributed by atoms with Crippen LogP contribution >= 0.6 is 0 Å². The Morgan fingerprint density at radius 3 is 2.50 bits per heavy atom. The molecule has 1 heteroatoms. The summed E-state index contributed by atoms with van der Waals surface area (Å²) in [7, 11) is 0. The van der Waals surface area contributed by atoms with Gasteiger partial charge in [-0.05, 0) is 38.6 Å². The van der Waals surface area contributed by atoms with Crippen LogP contribution in [0.25, 0.3) is 0 Å². The van der Waals surface area contributed by atoms with Crippen molar-refractivity contribution in [2.24, 2.45) is 0 Å². The van der Waals surface area contributed by atoms with Crippen LogP contribution in [0.3, 0.4) is 0 Å². The molecule has 70 valence electrons. The molecule has 0 aromatic rings. The molecule has 1 aliphatic heterocycles. The fraction of sp³-hybridized carbons (Fsp3) is 1.00. The summed E-state index contributed by atoms with van der Waals surface area (Å²) in [4.78, 5) is 2.80. The first kappa shape index (κ1) is 8.55. The standard InChI is InChI=1S/C11H21N/c1-2-10-8-5-9-12(10)11-6-3-4-7-11/h10-11H,2-9H2,1H3. The molecule has 2 rings (SSSR count). The number of likely N-dealkylation sites (tertiary alicyclic amines) is 1. The molecule has 1 saturated heterocycles. The first-order chi connectivity index (χ1) is 5.92. The lowest BCUT2D eigenvalue weighted by molar-refractivity contribution is 0.178. The summed E-state index contributed by atoms with van der Waals surface area (Å²) in [5.74, 6) is 0. The minimum absolute atomic E-state index is 0.938. The summed E-state index contributed by atoms with van der Waals surface area (Å²) in [5.41, 5.74) is 0. The highest BCUT2D eigenvalue weighted by atomic mass is 15.2. The van der Waals surface area contributed by atoms with Gasteiger partial charge in [0.05, 0.1) is 0 Å². The lowest BCUT2D eigenvalue weighted by Gasteiger charge is -2.29. The zero-order valence-electron chi connectivity index (χ0n) is 8.26. The fourth-order valence-corrected chi connectivity index (χ4v) is 3.01. The minimum Gasteiger partial charge on any atom is -0.297 e. The minimum atomic E-state index is 0.938. The van der Waals surface area contributed by atoms with E-state index in [4.69, 9.17) is 0 Å². The highest BCUT2D eigenvalue weighted by Gasteiger charge is 2.30. The summed E-state index contributed by atoms with van der Waals surface area (Å²) in [5, 5.41) is 0. The third kappa shape index (κ3) is 1.52. The van der Waals surface area contributed by atoms with E-state index in [9.17, 15) is 0 Å². The summed E-state index contributed by atoms with van der Waals surface area (Å²) >= 11 is 0. The first-order valence-corrected chi connectivity index (χ1v) is 5.67. The quantitative estimate of drug-likeness (QED) is 0.611. The lowest BCUT2D eigenvalue weighted by Crippen LogP contribution is -2.36. The predicted molar refractivity (Wildman–Crippen MR) is 52.3 cm³/mol. The van der Waals surface area contributed by atoms with E-state index in [0.29, 0.717) is 0 Å². The molecule has 2 fully saturated rings. The molecule has 12 heavy (non-hydrogen) atoms. The summed E-state index contributed by atoms with van der Waals surface area (Å²) < 4.78 is 0. The average Bonchev–Trinajstić information content (AvgIpc) is 2.74. The van der Waals surface area contributed by atoms with Gasteiger partial charge in [-0.25, -0.2) is 0 Å². The third-order valence-corrected chi connectivity index (χ3v) is 3.69.